The van der Waals surface area contributed by atoms with Crippen LogP contribution in [0.4, 0.5) is 5.82 Å². The van der Waals surface area contributed by atoms with Gasteiger partial charge in [0.15, 0.2) is 10.9 Å². The molecule has 28 heavy (non-hydrogen) atoms. The van der Waals surface area contributed by atoms with Gasteiger partial charge in [-0.1, -0.05) is 42.1 Å². The van der Waals surface area contributed by atoms with Crippen molar-refractivity contribution in [1.29, 1.82) is 0 Å². The van der Waals surface area contributed by atoms with E-state index in [1.54, 1.807) is 0 Å². The molecule has 0 atom stereocenters. The van der Waals surface area contributed by atoms with E-state index >= 15 is 0 Å². The number of rotatable bonds is 7. The number of carbonyl (C=O) groups is 1. The van der Waals surface area contributed by atoms with E-state index in [1.807, 2.05) is 41.8 Å². The zero-order valence-corrected chi connectivity index (χ0v) is 16.3. The Morgan fingerprint density at radius 2 is 1.93 bits per heavy atom. The summed E-state index contributed by atoms with van der Waals surface area (Å²) in [6.07, 6.45) is 0.629. The maximum Gasteiger partial charge on any atom is 0.329 e. The Hall–Kier alpha value is -3.14. The fraction of sp³-hybridized carbons (Fsp3) is 0.278. The van der Waals surface area contributed by atoms with Crippen LogP contribution in [0.1, 0.15) is 28.7 Å². The number of nitrogens with two attached hydrogens (primary N) is 1. The van der Waals surface area contributed by atoms with Crippen LogP contribution in [-0.2, 0) is 20.0 Å². The van der Waals surface area contributed by atoms with E-state index in [2.05, 4.69) is 15.2 Å². The van der Waals surface area contributed by atoms with Crippen LogP contribution in [0.25, 0.3) is 0 Å². The number of Topliss-reactive ketones (excluding diaryl/α,β-unsaturated/α-hetero) is 1. The highest BCUT2D eigenvalue weighted by atomic mass is 32.2. The Labute approximate surface area is 164 Å². The van der Waals surface area contributed by atoms with Crippen molar-refractivity contribution in [3.05, 3.63) is 68.1 Å². The molecule has 0 amide bonds. The van der Waals surface area contributed by atoms with Crippen molar-refractivity contribution in [3.8, 4) is 0 Å². The largest absolute Gasteiger partial charge is 0.384 e. The van der Waals surface area contributed by atoms with Crippen molar-refractivity contribution in [2.45, 2.75) is 25.0 Å². The number of carbonyl (C=O) groups excluding carboxylic acids is 1. The van der Waals surface area contributed by atoms with E-state index in [1.165, 1.54) is 18.8 Å². The van der Waals surface area contributed by atoms with Gasteiger partial charge in [0.1, 0.15) is 17.2 Å². The Morgan fingerprint density at radius 1 is 1.21 bits per heavy atom. The second-order valence-electron chi connectivity index (χ2n) is 6.10. The van der Waals surface area contributed by atoms with E-state index in [0.29, 0.717) is 18.1 Å². The van der Waals surface area contributed by atoms with Gasteiger partial charge >= 0.3 is 5.69 Å². The maximum absolute atomic E-state index is 12.5. The second kappa shape index (κ2) is 8.26. The van der Waals surface area contributed by atoms with Crippen LogP contribution in [0.15, 0.2) is 45.1 Å². The number of nitrogens with one attached hydrogen (secondary N) is 1. The minimum Gasteiger partial charge on any atom is -0.384 e. The van der Waals surface area contributed by atoms with Crippen LogP contribution in [-0.4, -0.2) is 35.9 Å². The van der Waals surface area contributed by atoms with Gasteiger partial charge in [-0.15, -0.1) is 10.2 Å². The summed E-state index contributed by atoms with van der Waals surface area (Å²) in [6, 6.07) is 9.91. The van der Waals surface area contributed by atoms with Gasteiger partial charge in [-0.3, -0.25) is 19.1 Å². The highest BCUT2D eigenvalue weighted by molar-refractivity contribution is 7.99. The lowest BCUT2D eigenvalue weighted by Gasteiger charge is -2.09. The van der Waals surface area contributed by atoms with Crippen LogP contribution >= 0.6 is 11.8 Å². The number of H-pyrrole nitrogens is 1. The maximum atomic E-state index is 12.5. The molecule has 0 bridgehead atoms. The average Bonchev–Trinajstić information content (AvgIpc) is 3.06. The SMILES string of the molecule is CCn1c(Cc2ccccc2)nnc1SCC(=O)c1c(N)n(C)c(=O)[nH]c1=O. The minimum absolute atomic E-state index is 0.0467. The standard InChI is InChI=1S/C18H20N6O3S/c1-3-24-13(9-11-7-5-4-6-8-11)21-22-18(24)28-10-12(25)14-15(19)23(2)17(27)20-16(14)26/h4-8H,3,9-10,19H2,1-2H3,(H,20,26,27). The number of nitrogens with zero attached hydrogens (tertiary/aromatic N) is 4. The quantitative estimate of drug-likeness (QED) is 0.444. The molecule has 3 rings (SSSR count). The second-order valence-corrected chi connectivity index (χ2v) is 7.04. The third kappa shape index (κ3) is 3.91. The van der Waals surface area contributed by atoms with Gasteiger partial charge in [-0.25, -0.2) is 4.79 Å². The summed E-state index contributed by atoms with van der Waals surface area (Å²) in [6.45, 7) is 2.62. The van der Waals surface area contributed by atoms with Crippen molar-refractivity contribution in [2.24, 2.45) is 7.05 Å². The first-order chi connectivity index (χ1) is 13.4. The lowest BCUT2D eigenvalue weighted by atomic mass is 10.1. The molecule has 3 aromatic rings. The molecule has 0 spiro atoms. The summed E-state index contributed by atoms with van der Waals surface area (Å²) < 4.78 is 2.96. The van der Waals surface area contributed by atoms with Gasteiger partial charge in [-0.05, 0) is 12.5 Å². The molecule has 146 valence electrons. The zero-order chi connectivity index (χ0) is 20.3. The van der Waals surface area contributed by atoms with Gasteiger partial charge in [-0.2, -0.15) is 0 Å². The Balaban J connectivity index is 1.78. The van der Waals surface area contributed by atoms with E-state index in [0.717, 1.165) is 16.0 Å². The topological polar surface area (TPSA) is 129 Å². The van der Waals surface area contributed by atoms with Crippen molar-refractivity contribution < 1.29 is 4.79 Å². The summed E-state index contributed by atoms with van der Waals surface area (Å²) in [5, 5.41) is 9.00. The first-order valence-corrected chi connectivity index (χ1v) is 9.61. The van der Waals surface area contributed by atoms with Gasteiger partial charge < -0.3 is 10.3 Å². The highest BCUT2D eigenvalue weighted by Crippen LogP contribution is 2.20. The number of aromatic amines is 1. The zero-order valence-electron chi connectivity index (χ0n) is 15.5. The van der Waals surface area contributed by atoms with Crippen LogP contribution < -0.4 is 17.0 Å². The molecule has 0 radical (unpaired) electrons. The Bertz CT molecular complexity index is 1120. The summed E-state index contributed by atoms with van der Waals surface area (Å²) >= 11 is 1.18. The number of benzene rings is 1. The van der Waals surface area contributed by atoms with Crippen LogP contribution in [0, 0.1) is 0 Å². The van der Waals surface area contributed by atoms with Crippen molar-refractivity contribution in [3.63, 3.8) is 0 Å². The van der Waals surface area contributed by atoms with E-state index < -0.39 is 17.0 Å². The summed E-state index contributed by atoms with van der Waals surface area (Å²) in [5.74, 6) is 0.119. The van der Waals surface area contributed by atoms with Gasteiger partial charge in [0.2, 0.25) is 0 Å². The molecular weight excluding hydrogens is 380 g/mol. The van der Waals surface area contributed by atoms with Gasteiger partial charge in [0.05, 0.1) is 5.75 Å². The normalized spacial score (nSPS) is 10.9. The summed E-state index contributed by atoms with van der Waals surface area (Å²) in [5.41, 5.74) is 5.22. The molecule has 0 saturated heterocycles. The predicted octanol–water partition coefficient (Wildman–Crippen LogP) is 0.833. The minimum atomic E-state index is -0.784. The van der Waals surface area contributed by atoms with Crippen LogP contribution in [0.5, 0.6) is 0 Å². The molecule has 9 nitrogen and oxygen atoms in total. The molecule has 0 aliphatic heterocycles. The summed E-state index contributed by atoms with van der Waals surface area (Å²) in [7, 11) is 1.39. The lowest BCUT2D eigenvalue weighted by molar-refractivity contribution is 0.102. The number of ketones is 1. The fourth-order valence-corrected chi connectivity index (χ4v) is 3.65. The van der Waals surface area contributed by atoms with Gasteiger partial charge in [0.25, 0.3) is 5.56 Å². The monoisotopic (exact) mass is 400 g/mol. The van der Waals surface area contributed by atoms with Crippen LogP contribution in [0.3, 0.4) is 0 Å². The number of hydrogen-bond acceptors (Lipinski definition) is 7. The summed E-state index contributed by atoms with van der Waals surface area (Å²) in [4.78, 5) is 38.1. The Morgan fingerprint density at radius 3 is 2.61 bits per heavy atom. The van der Waals surface area contributed by atoms with Crippen LogP contribution in [0.2, 0.25) is 0 Å². The number of aromatic nitrogens is 5. The van der Waals surface area contributed by atoms with E-state index in [-0.39, 0.29) is 17.1 Å². The molecule has 3 N–H and O–H groups in total. The third-order valence-electron chi connectivity index (χ3n) is 4.30. The molecule has 0 aliphatic rings. The van der Waals surface area contributed by atoms with E-state index in [9.17, 15) is 14.4 Å². The van der Waals surface area contributed by atoms with Crippen molar-refractivity contribution >= 4 is 23.4 Å². The lowest BCUT2D eigenvalue weighted by Crippen LogP contribution is -2.35. The number of thioether (sulfide) groups is 1. The first kappa shape index (κ1) is 19.6. The van der Waals surface area contributed by atoms with E-state index in [4.69, 9.17) is 5.73 Å². The number of hydrogen-bond donors (Lipinski definition) is 2. The highest BCUT2D eigenvalue weighted by Gasteiger charge is 2.20. The Kier molecular flexibility index (Phi) is 5.78. The molecular formula is C18H20N6O3S. The number of anilines is 1. The molecule has 0 unspecified atom stereocenters. The molecule has 10 heteroatoms. The van der Waals surface area contributed by atoms with Crippen molar-refractivity contribution in [2.75, 3.05) is 11.5 Å². The smallest absolute Gasteiger partial charge is 0.329 e. The molecule has 2 heterocycles. The van der Waals surface area contributed by atoms with Crippen molar-refractivity contribution in [1.82, 2.24) is 24.3 Å². The molecule has 0 fully saturated rings. The first-order valence-electron chi connectivity index (χ1n) is 8.63. The number of nitrogen functional groups attached to an aromatic ring is 1. The van der Waals surface area contributed by atoms with Gasteiger partial charge in [0, 0.05) is 20.0 Å². The molecule has 2 aromatic heterocycles. The molecule has 0 aliphatic carbocycles. The average molecular weight is 400 g/mol. The predicted molar refractivity (Wildman–Crippen MR) is 107 cm³/mol. The molecule has 0 saturated carbocycles. The fourth-order valence-electron chi connectivity index (χ4n) is 2.76. The third-order valence-corrected chi connectivity index (χ3v) is 5.26. The molecule has 1 aromatic carbocycles.